The maximum absolute atomic E-state index is 12.6. The minimum absolute atomic E-state index is 0.187. The number of esters is 1. The molecule has 24 heavy (non-hydrogen) atoms. The molecule has 0 amide bonds. The number of ether oxygens (including phenoxy) is 1. The van der Waals surface area contributed by atoms with Crippen LogP contribution < -0.4 is 0 Å². The van der Waals surface area contributed by atoms with Crippen LogP contribution in [0.2, 0.25) is 0 Å². The van der Waals surface area contributed by atoms with Crippen LogP contribution in [0.25, 0.3) is 10.9 Å². The first-order valence-electron chi connectivity index (χ1n) is 8.98. The highest BCUT2D eigenvalue weighted by molar-refractivity contribution is 7.99. The third-order valence-electron chi connectivity index (χ3n) is 4.96. The molecule has 1 saturated carbocycles. The van der Waals surface area contributed by atoms with E-state index in [1.165, 1.54) is 37.7 Å². The molecular formula is C20H27NO2S. The van der Waals surface area contributed by atoms with Gasteiger partial charge in [0.1, 0.15) is 0 Å². The van der Waals surface area contributed by atoms with E-state index in [0.29, 0.717) is 6.61 Å². The Morgan fingerprint density at radius 1 is 1.29 bits per heavy atom. The van der Waals surface area contributed by atoms with Crippen molar-refractivity contribution in [2.24, 2.45) is 7.05 Å². The third-order valence-corrected chi connectivity index (χ3v) is 6.35. The van der Waals surface area contributed by atoms with Crippen LogP contribution in [0.5, 0.6) is 0 Å². The topological polar surface area (TPSA) is 31.2 Å². The van der Waals surface area contributed by atoms with Gasteiger partial charge in [0.15, 0.2) is 0 Å². The number of hydrogen-bond donors (Lipinski definition) is 0. The highest BCUT2D eigenvalue weighted by atomic mass is 32.2. The fourth-order valence-corrected chi connectivity index (χ4v) is 5.04. The molecule has 4 heteroatoms. The summed E-state index contributed by atoms with van der Waals surface area (Å²) in [5, 5.41) is 1.75. The quantitative estimate of drug-likeness (QED) is 0.695. The van der Waals surface area contributed by atoms with Crippen LogP contribution in [-0.2, 0) is 17.5 Å². The molecule has 1 fully saturated rings. The Morgan fingerprint density at radius 3 is 2.75 bits per heavy atom. The lowest BCUT2D eigenvalue weighted by atomic mass is 10.0. The van der Waals surface area contributed by atoms with Crippen molar-refractivity contribution in [2.75, 3.05) is 6.61 Å². The van der Waals surface area contributed by atoms with Gasteiger partial charge in [0, 0.05) is 34.6 Å². The molecule has 0 unspecified atom stereocenters. The van der Waals surface area contributed by atoms with Crippen LogP contribution in [0.1, 0.15) is 60.6 Å². The fourth-order valence-electron chi connectivity index (χ4n) is 3.64. The summed E-state index contributed by atoms with van der Waals surface area (Å²) in [6.07, 6.45) is 6.68. The normalized spacial score (nSPS) is 15.8. The van der Waals surface area contributed by atoms with Crippen LogP contribution in [0.4, 0.5) is 0 Å². The first kappa shape index (κ1) is 17.4. The molecule has 0 N–H and O–H groups in total. The Kier molecular flexibility index (Phi) is 5.54. The average molecular weight is 346 g/mol. The van der Waals surface area contributed by atoms with Crippen molar-refractivity contribution in [3.8, 4) is 0 Å². The van der Waals surface area contributed by atoms with Crippen molar-refractivity contribution in [2.45, 2.75) is 57.0 Å². The van der Waals surface area contributed by atoms with Gasteiger partial charge in [-0.25, -0.2) is 4.79 Å². The van der Waals surface area contributed by atoms with E-state index < -0.39 is 0 Å². The first-order valence-corrected chi connectivity index (χ1v) is 10.0. The van der Waals surface area contributed by atoms with E-state index in [0.717, 1.165) is 33.2 Å². The van der Waals surface area contributed by atoms with Crippen molar-refractivity contribution in [1.82, 2.24) is 4.57 Å². The Hall–Kier alpha value is -1.42. The summed E-state index contributed by atoms with van der Waals surface area (Å²) in [7, 11) is 2.07. The number of carbonyl (C=O) groups excluding carboxylic acids is 1. The molecule has 3 nitrogen and oxygen atoms in total. The van der Waals surface area contributed by atoms with Gasteiger partial charge in [-0.3, -0.25) is 0 Å². The second kappa shape index (κ2) is 7.64. The van der Waals surface area contributed by atoms with Gasteiger partial charge in [-0.05, 0) is 38.8 Å². The number of aromatic nitrogens is 1. The zero-order valence-electron chi connectivity index (χ0n) is 14.9. The number of carbonyl (C=O) groups is 1. The van der Waals surface area contributed by atoms with E-state index in [2.05, 4.69) is 36.7 Å². The Bertz CT molecular complexity index is 729. The Morgan fingerprint density at radius 2 is 2.04 bits per heavy atom. The maximum Gasteiger partial charge on any atom is 0.340 e. The lowest BCUT2D eigenvalue weighted by molar-refractivity contribution is 0.0527. The van der Waals surface area contributed by atoms with Gasteiger partial charge in [-0.15, -0.1) is 0 Å². The maximum atomic E-state index is 12.6. The van der Waals surface area contributed by atoms with E-state index in [9.17, 15) is 4.79 Å². The van der Waals surface area contributed by atoms with Gasteiger partial charge >= 0.3 is 5.97 Å². The van der Waals surface area contributed by atoms with Crippen molar-refractivity contribution in [1.29, 1.82) is 0 Å². The van der Waals surface area contributed by atoms with Crippen molar-refractivity contribution in [3.05, 3.63) is 35.0 Å². The molecule has 0 bridgehead atoms. The van der Waals surface area contributed by atoms with Crippen LogP contribution in [0, 0.1) is 6.92 Å². The molecule has 1 heterocycles. The van der Waals surface area contributed by atoms with Crippen molar-refractivity contribution in [3.63, 3.8) is 0 Å². The number of thioether (sulfide) groups is 1. The fraction of sp³-hybridized carbons (Fsp3) is 0.550. The predicted octanol–water partition coefficient (Wildman–Crippen LogP) is 5.23. The number of aryl methyl sites for hydroxylation is 2. The first-order chi connectivity index (χ1) is 11.6. The average Bonchev–Trinajstić information content (AvgIpc) is 2.85. The molecule has 1 aromatic heterocycles. The zero-order chi connectivity index (χ0) is 17.1. The molecule has 2 aromatic rings. The second-order valence-electron chi connectivity index (χ2n) is 6.69. The predicted molar refractivity (Wildman–Crippen MR) is 102 cm³/mol. The summed E-state index contributed by atoms with van der Waals surface area (Å²) in [6.45, 7) is 4.35. The van der Waals surface area contributed by atoms with Crippen molar-refractivity contribution >= 4 is 28.6 Å². The number of rotatable bonds is 5. The molecule has 0 radical (unpaired) electrons. The van der Waals surface area contributed by atoms with Gasteiger partial charge in [0.25, 0.3) is 0 Å². The molecule has 1 aromatic carbocycles. The van der Waals surface area contributed by atoms with Gasteiger partial charge in [-0.2, -0.15) is 11.8 Å². The minimum atomic E-state index is -0.187. The van der Waals surface area contributed by atoms with E-state index in [-0.39, 0.29) is 5.97 Å². The summed E-state index contributed by atoms with van der Waals surface area (Å²) in [4.78, 5) is 12.6. The molecule has 0 aliphatic heterocycles. The summed E-state index contributed by atoms with van der Waals surface area (Å²) in [6, 6.07) is 6.33. The number of hydrogen-bond acceptors (Lipinski definition) is 3. The summed E-state index contributed by atoms with van der Waals surface area (Å²) in [5.41, 5.74) is 4.15. The molecule has 0 saturated heterocycles. The van der Waals surface area contributed by atoms with E-state index in [1.54, 1.807) is 0 Å². The molecule has 3 rings (SSSR count). The highest BCUT2D eigenvalue weighted by Gasteiger charge is 2.23. The SMILES string of the molecule is CCOC(=O)c1c(CSC2CCCCC2)n(C)c2ccc(C)cc12. The summed E-state index contributed by atoms with van der Waals surface area (Å²) in [5.74, 6) is 0.691. The van der Waals surface area contributed by atoms with E-state index >= 15 is 0 Å². The minimum Gasteiger partial charge on any atom is -0.462 e. The van der Waals surface area contributed by atoms with Crippen LogP contribution in [-0.4, -0.2) is 22.4 Å². The lowest BCUT2D eigenvalue weighted by Gasteiger charge is -2.21. The zero-order valence-corrected chi connectivity index (χ0v) is 15.7. The molecule has 1 aliphatic carbocycles. The molecular weight excluding hydrogens is 318 g/mol. The smallest absolute Gasteiger partial charge is 0.340 e. The third kappa shape index (κ3) is 3.49. The number of fused-ring (bicyclic) bond motifs is 1. The van der Waals surface area contributed by atoms with Crippen LogP contribution >= 0.6 is 11.8 Å². The van der Waals surface area contributed by atoms with Crippen molar-refractivity contribution < 1.29 is 9.53 Å². The highest BCUT2D eigenvalue weighted by Crippen LogP contribution is 2.34. The van der Waals surface area contributed by atoms with Crippen LogP contribution in [0.15, 0.2) is 18.2 Å². The second-order valence-corrected chi connectivity index (χ2v) is 7.98. The Balaban J connectivity index is 1.96. The van der Waals surface area contributed by atoms with E-state index in [4.69, 9.17) is 4.74 Å². The Labute approximate surface area is 148 Å². The van der Waals surface area contributed by atoms with Crippen LogP contribution in [0.3, 0.4) is 0 Å². The number of nitrogens with zero attached hydrogens (tertiary/aromatic N) is 1. The lowest BCUT2D eigenvalue weighted by Crippen LogP contribution is -2.11. The van der Waals surface area contributed by atoms with Gasteiger partial charge in [0.2, 0.25) is 0 Å². The van der Waals surface area contributed by atoms with Gasteiger partial charge in [0.05, 0.1) is 12.2 Å². The standard InChI is InChI=1S/C20H27NO2S/c1-4-23-20(22)19-16-12-14(2)10-11-17(16)21(3)18(19)13-24-15-8-6-5-7-9-15/h10-12,15H,4-9,13H2,1-3H3. The largest absolute Gasteiger partial charge is 0.462 e. The number of benzene rings is 1. The van der Waals surface area contributed by atoms with E-state index in [1.807, 2.05) is 18.7 Å². The summed E-state index contributed by atoms with van der Waals surface area (Å²) < 4.78 is 7.54. The molecule has 0 atom stereocenters. The summed E-state index contributed by atoms with van der Waals surface area (Å²) >= 11 is 2.01. The molecule has 130 valence electrons. The van der Waals surface area contributed by atoms with Gasteiger partial charge in [-0.1, -0.05) is 30.9 Å². The molecule has 0 spiro atoms. The monoisotopic (exact) mass is 345 g/mol. The molecule has 1 aliphatic rings. The van der Waals surface area contributed by atoms with Gasteiger partial charge < -0.3 is 9.30 Å².